The van der Waals surface area contributed by atoms with Gasteiger partial charge in [-0.15, -0.1) is 0 Å². The molecule has 1 unspecified atom stereocenters. The Morgan fingerprint density at radius 2 is 0.477 bits per heavy atom. The van der Waals surface area contributed by atoms with Gasteiger partial charge in [0.2, 0.25) is 0 Å². The summed E-state index contributed by atoms with van der Waals surface area (Å²) in [5.74, 6) is -1.99. The molecular weight excluding hydrogens is 813 g/mol. The first-order valence-electron chi connectivity index (χ1n) is 27.5. The number of unbranched alkanes of at least 4 members (excludes halogenated alkanes) is 33. The summed E-state index contributed by atoms with van der Waals surface area (Å²) < 4.78 is 0. The van der Waals surface area contributed by atoms with Crippen molar-refractivity contribution < 1.29 is 39.9 Å². The molecule has 0 radical (unpaired) electrons. The van der Waals surface area contributed by atoms with E-state index in [2.05, 4.69) is 57.2 Å². The van der Waals surface area contributed by atoms with Crippen LogP contribution < -0.4 is 0 Å². The highest BCUT2D eigenvalue weighted by Gasteiger charge is 1.98. The first-order chi connectivity index (χ1) is 31.6. The number of carbonyl (C=O) groups is 3. The number of aliphatic hydroxyl groups excluding tert-OH is 2. The molecule has 1 atom stereocenters. The summed E-state index contributed by atoms with van der Waals surface area (Å²) in [5.41, 5.74) is 0. The van der Waals surface area contributed by atoms with Crippen LogP contribution >= 0.6 is 0 Å². The van der Waals surface area contributed by atoms with E-state index in [0.29, 0.717) is 19.3 Å². The van der Waals surface area contributed by atoms with Crippen LogP contribution in [0.15, 0.2) is 36.5 Å². The first-order valence-corrected chi connectivity index (χ1v) is 27.5. The number of allylic oxidation sites excluding steroid dienone is 6. The number of carboxylic acid groups (broad SMARTS) is 3. The van der Waals surface area contributed by atoms with Gasteiger partial charge >= 0.3 is 17.9 Å². The van der Waals surface area contributed by atoms with E-state index < -0.39 is 24.0 Å². The topological polar surface area (TPSA) is 152 Å². The zero-order chi connectivity index (χ0) is 49.0. The molecule has 0 aliphatic heterocycles. The summed E-state index contributed by atoms with van der Waals surface area (Å²) in [6, 6.07) is 0. The SMILES string of the molecule is CC(O)CO.CCCCCCCCC=CCCCCCCCC(=O)O.CCCCCCCCC=CCCCCCCCC(=O)O.CCCCCCCCC=CCCCCCCCC(=O)O. The molecule has 0 aromatic heterocycles. The summed E-state index contributed by atoms with van der Waals surface area (Å²) in [5, 5.41) is 41.5. The van der Waals surface area contributed by atoms with Crippen molar-refractivity contribution in [2.75, 3.05) is 6.61 Å². The number of aliphatic hydroxyl groups is 2. The fourth-order valence-electron chi connectivity index (χ4n) is 7.04. The van der Waals surface area contributed by atoms with Crippen LogP contribution in [0.1, 0.15) is 297 Å². The zero-order valence-corrected chi connectivity index (χ0v) is 43.4. The van der Waals surface area contributed by atoms with Gasteiger partial charge in [-0.2, -0.15) is 0 Å². The second-order valence-corrected chi connectivity index (χ2v) is 18.2. The number of rotatable bonds is 46. The maximum atomic E-state index is 10.3. The molecule has 386 valence electrons. The molecule has 0 saturated heterocycles. The third-order valence-electron chi connectivity index (χ3n) is 11.2. The Morgan fingerprint density at radius 1 is 0.323 bits per heavy atom. The second kappa shape index (κ2) is 65.8. The summed E-state index contributed by atoms with van der Waals surface area (Å²) in [6.07, 6.45) is 63.2. The van der Waals surface area contributed by atoms with Crippen LogP contribution in [-0.2, 0) is 14.4 Å². The molecule has 8 nitrogen and oxygen atoms in total. The van der Waals surface area contributed by atoms with Gasteiger partial charge in [0.25, 0.3) is 0 Å². The largest absolute Gasteiger partial charge is 0.481 e. The lowest BCUT2D eigenvalue weighted by Crippen LogP contribution is -2.03. The van der Waals surface area contributed by atoms with Crippen LogP contribution in [-0.4, -0.2) is 56.2 Å². The highest BCUT2D eigenvalue weighted by molar-refractivity contribution is 5.67. The van der Waals surface area contributed by atoms with E-state index >= 15 is 0 Å². The van der Waals surface area contributed by atoms with Gasteiger partial charge in [-0.3, -0.25) is 14.4 Å². The van der Waals surface area contributed by atoms with Gasteiger partial charge in [-0.1, -0.05) is 211 Å². The molecule has 0 aliphatic carbocycles. The lowest BCUT2D eigenvalue weighted by Gasteiger charge is -1.99. The first kappa shape index (κ1) is 69.1. The third kappa shape index (κ3) is 85.4. The van der Waals surface area contributed by atoms with Crippen molar-refractivity contribution in [3.63, 3.8) is 0 Å². The van der Waals surface area contributed by atoms with Crippen molar-refractivity contribution in [3.05, 3.63) is 36.5 Å². The van der Waals surface area contributed by atoms with E-state index in [9.17, 15) is 14.4 Å². The number of carboxylic acids is 3. The molecule has 0 heterocycles. The molecule has 0 bridgehead atoms. The predicted molar refractivity (Wildman–Crippen MR) is 280 cm³/mol. The van der Waals surface area contributed by atoms with Crippen LogP contribution in [0, 0.1) is 0 Å². The van der Waals surface area contributed by atoms with Gasteiger partial charge in [0.1, 0.15) is 0 Å². The van der Waals surface area contributed by atoms with E-state index in [1.165, 1.54) is 219 Å². The highest BCUT2D eigenvalue weighted by atomic mass is 16.4. The fourth-order valence-corrected chi connectivity index (χ4v) is 7.04. The molecule has 0 aromatic rings. The lowest BCUT2D eigenvalue weighted by molar-refractivity contribution is -0.138. The van der Waals surface area contributed by atoms with Crippen LogP contribution in [0.25, 0.3) is 0 Å². The molecule has 0 saturated carbocycles. The van der Waals surface area contributed by atoms with Crippen molar-refractivity contribution in [2.24, 2.45) is 0 Å². The van der Waals surface area contributed by atoms with Crippen LogP contribution in [0.3, 0.4) is 0 Å². The van der Waals surface area contributed by atoms with Crippen molar-refractivity contribution >= 4 is 17.9 Å². The molecular formula is C57H110O8. The summed E-state index contributed by atoms with van der Waals surface area (Å²) in [7, 11) is 0. The van der Waals surface area contributed by atoms with Gasteiger partial charge in [-0.05, 0) is 103 Å². The maximum Gasteiger partial charge on any atom is 0.303 e. The molecule has 8 heteroatoms. The third-order valence-corrected chi connectivity index (χ3v) is 11.2. The molecule has 0 rings (SSSR count). The fraction of sp³-hybridized carbons (Fsp3) is 0.842. The molecule has 0 fully saturated rings. The van der Waals surface area contributed by atoms with Gasteiger partial charge in [0.05, 0.1) is 12.7 Å². The van der Waals surface area contributed by atoms with E-state index in [1.54, 1.807) is 0 Å². The van der Waals surface area contributed by atoms with Gasteiger partial charge < -0.3 is 25.5 Å². The maximum absolute atomic E-state index is 10.3. The number of aliphatic carboxylic acids is 3. The summed E-state index contributed by atoms with van der Waals surface area (Å²) in [4.78, 5) is 31.0. The monoisotopic (exact) mass is 923 g/mol. The van der Waals surface area contributed by atoms with Crippen molar-refractivity contribution in [1.29, 1.82) is 0 Å². The molecule has 0 amide bonds. The van der Waals surface area contributed by atoms with Crippen LogP contribution in [0.2, 0.25) is 0 Å². The van der Waals surface area contributed by atoms with Crippen molar-refractivity contribution in [2.45, 2.75) is 303 Å². The second-order valence-electron chi connectivity index (χ2n) is 18.2. The lowest BCUT2D eigenvalue weighted by atomic mass is 10.1. The minimum absolute atomic E-state index is 0.139. The smallest absolute Gasteiger partial charge is 0.303 e. The minimum atomic E-state index is -0.664. The highest BCUT2D eigenvalue weighted by Crippen LogP contribution is 2.13. The summed E-state index contributed by atoms with van der Waals surface area (Å²) >= 11 is 0. The minimum Gasteiger partial charge on any atom is -0.481 e. The zero-order valence-electron chi connectivity index (χ0n) is 43.4. The van der Waals surface area contributed by atoms with Crippen LogP contribution in [0.4, 0.5) is 0 Å². The molecule has 5 N–H and O–H groups in total. The Balaban J connectivity index is -0.000000407. The quantitative estimate of drug-likeness (QED) is 0.0299. The van der Waals surface area contributed by atoms with Gasteiger partial charge in [-0.25, -0.2) is 0 Å². The van der Waals surface area contributed by atoms with Crippen molar-refractivity contribution in [3.8, 4) is 0 Å². The normalized spacial score (nSPS) is 11.5. The van der Waals surface area contributed by atoms with E-state index in [4.69, 9.17) is 25.5 Å². The molecule has 0 aliphatic rings. The standard InChI is InChI=1S/3C18H34O2.C3H8O2/c3*1-2-3-4-5-6-7-8-9-10-11-12-13-14-15-16-17-18(19)20;1-3(5)2-4/h3*9-10H,2-8,11-17H2,1H3,(H,19,20);3-5H,2H2,1H3. The number of hydrogen-bond acceptors (Lipinski definition) is 5. The molecule has 0 spiro atoms. The Hall–Kier alpha value is -2.45. The number of hydrogen-bond donors (Lipinski definition) is 5. The average Bonchev–Trinajstić information content (AvgIpc) is 3.28. The Morgan fingerprint density at radius 3 is 0.631 bits per heavy atom. The van der Waals surface area contributed by atoms with Gasteiger partial charge in [0, 0.05) is 19.3 Å². The van der Waals surface area contributed by atoms with E-state index in [-0.39, 0.29) is 6.61 Å². The average molecular weight is 923 g/mol. The summed E-state index contributed by atoms with van der Waals surface area (Å²) in [6.45, 7) is 8.17. The van der Waals surface area contributed by atoms with Crippen LogP contribution in [0.5, 0.6) is 0 Å². The van der Waals surface area contributed by atoms with Gasteiger partial charge in [0.15, 0.2) is 0 Å². The molecule has 0 aromatic carbocycles. The Labute approximate surface area is 403 Å². The van der Waals surface area contributed by atoms with E-state index in [1.807, 2.05) is 0 Å². The Bertz CT molecular complexity index is 886. The van der Waals surface area contributed by atoms with E-state index in [0.717, 1.165) is 38.5 Å². The molecule has 65 heavy (non-hydrogen) atoms. The predicted octanol–water partition coefficient (Wildman–Crippen LogP) is 17.7. The van der Waals surface area contributed by atoms with Crippen molar-refractivity contribution in [1.82, 2.24) is 0 Å². The Kier molecular flexibility index (Phi) is 70.0.